The summed E-state index contributed by atoms with van der Waals surface area (Å²) in [6.07, 6.45) is 1.09. The molecule has 0 unspecified atom stereocenters. The van der Waals surface area contributed by atoms with Gasteiger partial charge in [-0.3, -0.25) is 9.78 Å². The smallest absolute Gasteiger partial charge is 0.347 e. The number of aromatic amines is 1. The van der Waals surface area contributed by atoms with Crippen LogP contribution in [0.15, 0.2) is 46.2 Å². The SMILES string of the molecule is O=C(Nn1cc(O)[nH]c1=O)Sc1ccccc1. The predicted octanol–water partition coefficient (Wildman–Crippen LogP) is 1.34. The number of aromatic nitrogens is 2. The highest BCUT2D eigenvalue weighted by molar-refractivity contribution is 8.13. The number of hydrogen-bond donors (Lipinski definition) is 3. The molecule has 0 aliphatic carbocycles. The van der Waals surface area contributed by atoms with Gasteiger partial charge in [0.25, 0.3) is 0 Å². The van der Waals surface area contributed by atoms with E-state index in [1.807, 2.05) is 18.2 Å². The third-order valence-electron chi connectivity index (χ3n) is 1.87. The quantitative estimate of drug-likeness (QED) is 0.703. The number of carbonyl (C=O) groups excluding carboxylic acids is 1. The zero-order valence-electron chi connectivity index (χ0n) is 8.58. The first kappa shape index (κ1) is 11.3. The zero-order chi connectivity index (χ0) is 12.3. The summed E-state index contributed by atoms with van der Waals surface area (Å²) in [6, 6.07) is 9.02. The lowest BCUT2D eigenvalue weighted by Crippen LogP contribution is -2.28. The first-order valence-electron chi connectivity index (χ1n) is 4.69. The molecule has 0 spiro atoms. The zero-order valence-corrected chi connectivity index (χ0v) is 9.40. The summed E-state index contributed by atoms with van der Waals surface area (Å²) in [5, 5.41) is 8.58. The topological polar surface area (TPSA) is 87.1 Å². The third-order valence-corrected chi connectivity index (χ3v) is 2.66. The number of benzene rings is 1. The van der Waals surface area contributed by atoms with E-state index in [0.29, 0.717) is 0 Å². The summed E-state index contributed by atoms with van der Waals surface area (Å²) in [5.74, 6) is -0.306. The number of H-pyrrole nitrogens is 1. The molecule has 0 saturated carbocycles. The molecule has 1 aromatic carbocycles. The number of rotatable bonds is 2. The second-order valence-electron chi connectivity index (χ2n) is 3.13. The van der Waals surface area contributed by atoms with Crippen LogP contribution in [0.3, 0.4) is 0 Å². The largest absolute Gasteiger partial charge is 0.493 e. The molecule has 88 valence electrons. The van der Waals surface area contributed by atoms with Crippen molar-refractivity contribution in [3.05, 3.63) is 47.0 Å². The van der Waals surface area contributed by atoms with Gasteiger partial charge in [0.1, 0.15) is 0 Å². The van der Waals surface area contributed by atoms with Crippen molar-refractivity contribution < 1.29 is 9.90 Å². The van der Waals surface area contributed by atoms with E-state index in [0.717, 1.165) is 27.5 Å². The third kappa shape index (κ3) is 2.91. The minimum Gasteiger partial charge on any atom is -0.493 e. The maximum Gasteiger partial charge on any atom is 0.347 e. The van der Waals surface area contributed by atoms with Crippen molar-refractivity contribution in [2.75, 3.05) is 5.43 Å². The Morgan fingerprint density at radius 1 is 1.35 bits per heavy atom. The Hall–Kier alpha value is -2.15. The maximum absolute atomic E-state index is 11.5. The normalized spacial score (nSPS) is 10.1. The lowest BCUT2D eigenvalue weighted by Gasteiger charge is -2.03. The number of amides is 1. The molecule has 17 heavy (non-hydrogen) atoms. The van der Waals surface area contributed by atoms with E-state index < -0.39 is 10.9 Å². The fraction of sp³-hybridized carbons (Fsp3) is 0. The van der Waals surface area contributed by atoms with Crippen molar-refractivity contribution in [2.45, 2.75) is 4.90 Å². The molecule has 2 aromatic rings. The van der Waals surface area contributed by atoms with E-state index in [4.69, 9.17) is 5.11 Å². The maximum atomic E-state index is 11.5. The van der Waals surface area contributed by atoms with Gasteiger partial charge < -0.3 is 5.11 Å². The molecule has 7 heteroatoms. The summed E-state index contributed by atoms with van der Waals surface area (Å²) in [5.41, 5.74) is 1.71. The molecule has 0 bridgehead atoms. The number of thioether (sulfide) groups is 1. The fourth-order valence-corrected chi connectivity index (χ4v) is 1.83. The van der Waals surface area contributed by atoms with E-state index >= 15 is 0 Å². The van der Waals surface area contributed by atoms with Crippen LogP contribution in [-0.2, 0) is 0 Å². The van der Waals surface area contributed by atoms with Crippen LogP contribution in [0.2, 0.25) is 0 Å². The van der Waals surface area contributed by atoms with Gasteiger partial charge in [-0.05, 0) is 23.9 Å². The van der Waals surface area contributed by atoms with Gasteiger partial charge in [-0.1, -0.05) is 18.2 Å². The Morgan fingerprint density at radius 3 is 2.65 bits per heavy atom. The minimum atomic E-state index is -0.607. The van der Waals surface area contributed by atoms with Crippen LogP contribution in [0.4, 0.5) is 4.79 Å². The van der Waals surface area contributed by atoms with Gasteiger partial charge in [0.2, 0.25) is 5.88 Å². The number of aromatic hydroxyl groups is 1. The van der Waals surface area contributed by atoms with Crippen LogP contribution in [0, 0.1) is 0 Å². The Balaban J connectivity index is 2.03. The van der Waals surface area contributed by atoms with E-state index in [2.05, 4.69) is 10.4 Å². The van der Waals surface area contributed by atoms with Gasteiger partial charge in [-0.15, -0.1) is 0 Å². The average Bonchev–Trinajstić information content (AvgIpc) is 2.58. The Kier molecular flexibility index (Phi) is 3.20. The van der Waals surface area contributed by atoms with Crippen molar-refractivity contribution in [2.24, 2.45) is 0 Å². The average molecular weight is 251 g/mol. The van der Waals surface area contributed by atoms with Gasteiger partial charge in [-0.2, -0.15) is 0 Å². The molecule has 6 nitrogen and oxygen atoms in total. The molecule has 0 radical (unpaired) electrons. The Morgan fingerprint density at radius 2 is 2.06 bits per heavy atom. The van der Waals surface area contributed by atoms with Crippen LogP contribution in [0.25, 0.3) is 0 Å². The van der Waals surface area contributed by atoms with Crippen LogP contribution in [-0.4, -0.2) is 20.0 Å². The molecule has 0 aliphatic heterocycles. The summed E-state index contributed by atoms with van der Waals surface area (Å²) in [4.78, 5) is 25.6. The number of imidazole rings is 1. The number of carbonyl (C=O) groups is 1. The fourth-order valence-electron chi connectivity index (χ4n) is 1.18. The number of hydrogen-bond acceptors (Lipinski definition) is 4. The lowest BCUT2D eigenvalue weighted by atomic mass is 10.4. The van der Waals surface area contributed by atoms with Crippen molar-refractivity contribution in [1.82, 2.24) is 9.66 Å². The molecular formula is C10H9N3O3S. The molecule has 3 N–H and O–H groups in total. The number of nitrogens with zero attached hydrogens (tertiary/aromatic N) is 1. The monoisotopic (exact) mass is 251 g/mol. The van der Waals surface area contributed by atoms with Gasteiger partial charge in [0, 0.05) is 4.90 Å². The van der Waals surface area contributed by atoms with Crippen molar-refractivity contribution >= 4 is 17.0 Å². The predicted molar refractivity (Wildman–Crippen MR) is 63.8 cm³/mol. The molecule has 2 rings (SSSR count). The van der Waals surface area contributed by atoms with Gasteiger partial charge in [0.05, 0.1) is 6.20 Å². The highest BCUT2D eigenvalue weighted by Crippen LogP contribution is 2.17. The molecule has 1 amide bonds. The van der Waals surface area contributed by atoms with E-state index in [9.17, 15) is 9.59 Å². The summed E-state index contributed by atoms with van der Waals surface area (Å²) < 4.78 is 0.883. The highest BCUT2D eigenvalue weighted by atomic mass is 32.2. The Labute approximate surface area is 100 Å². The van der Waals surface area contributed by atoms with E-state index in [-0.39, 0.29) is 5.88 Å². The molecule has 1 heterocycles. The van der Waals surface area contributed by atoms with Gasteiger partial charge in [-0.25, -0.2) is 14.9 Å². The molecule has 0 fully saturated rings. The second kappa shape index (κ2) is 4.79. The minimum absolute atomic E-state index is 0.306. The van der Waals surface area contributed by atoms with Gasteiger partial charge >= 0.3 is 10.9 Å². The summed E-state index contributed by atoms with van der Waals surface area (Å²) >= 11 is 0.951. The molecule has 1 aromatic heterocycles. The van der Waals surface area contributed by atoms with Crippen LogP contribution < -0.4 is 11.1 Å². The van der Waals surface area contributed by atoms with Crippen LogP contribution >= 0.6 is 11.8 Å². The highest BCUT2D eigenvalue weighted by Gasteiger charge is 2.07. The second-order valence-corrected chi connectivity index (χ2v) is 4.18. The van der Waals surface area contributed by atoms with Crippen LogP contribution in [0.5, 0.6) is 5.88 Å². The van der Waals surface area contributed by atoms with E-state index in [1.165, 1.54) is 0 Å². The lowest BCUT2D eigenvalue weighted by molar-refractivity contribution is 0.267. The van der Waals surface area contributed by atoms with Crippen LogP contribution in [0.1, 0.15) is 0 Å². The first-order valence-corrected chi connectivity index (χ1v) is 5.51. The van der Waals surface area contributed by atoms with Gasteiger partial charge in [0.15, 0.2) is 0 Å². The van der Waals surface area contributed by atoms with Crippen molar-refractivity contribution in [3.8, 4) is 5.88 Å². The molecule has 0 atom stereocenters. The Bertz CT molecular complexity index is 576. The van der Waals surface area contributed by atoms with Crippen molar-refractivity contribution in [1.29, 1.82) is 0 Å². The van der Waals surface area contributed by atoms with E-state index in [1.54, 1.807) is 12.1 Å². The molecular weight excluding hydrogens is 242 g/mol. The molecule has 0 saturated heterocycles. The summed E-state index contributed by atoms with van der Waals surface area (Å²) in [7, 11) is 0. The van der Waals surface area contributed by atoms with Crippen molar-refractivity contribution in [3.63, 3.8) is 0 Å². The first-order chi connectivity index (χ1) is 8.15. The summed E-state index contributed by atoms with van der Waals surface area (Å²) in [6.45, 7) is 0. The molecule has 0 aliphatic rings. The number of nitrogens with one attached hydrogen (secondary N) is 2. The standard InChI is InChI=1S/C10H9N3O3S/c14-8-6-13(9(15)11-8)12-10(16)17-7-4-2-1-3-5-7/h1-6,14H,(H,11,15)(H,12,16).